The summed E-state index contributed by atoms with van der Waals surface area (Å²) in [5.74, 6) is 0.380. The molecule has 2 aromatic rings. The van der Waals surface area contributed by atoms with Gasteiger partial charge in [0, 0.05) is 18.8 Å². The molecule has 1 unspecified atom stereocenters. The van der Waals surface area contributed by atoms with E-state index in [0.29, 0.717) is 17.3 Å². The lowest BCUT2D eigenvalue weighted by Gasteiger charge is -2.32. The van der Waals surface area contributed by atoms with Crippen molar-refractivity contribution in [2.75, 3.05) is 20.2 Å². The summed E-state index contributed by atoms with van der Waals surface area (Å²) in [6.07, 6.45) is 2.78. The minimum Gasteiger partial charge on any atom is -0.473 e. The Morgan fingerprint density at radius 3 is 2.50 bits per heavy atom. The third-order valence-corrected chi connectivity index (χ3v) is 6.66. The zero-order chi connectivity index (χ0) is 20.4. The maximum absolute atomic E-state index is 13.1. The lowest BCUT2D eigenvalue weighted by atomic mass is 9.87. The molecule has 1 fully saturated rings. The number of rotatable bonds is 5. The van der Waals surface area contributed by atoms with Gasteiger partial charge >= 0.3 is 6.01 Å². The highest BCUT2D eigenvalue weighted by Gasteiger charge is 2.31. The zero-order valence-electron chi connectivity index (χ0n) is 16.8. The van der Waals surface area contributed by atoms with Crippen LogP contribution in [0.3, 0.4) is 0 Å². The first kappa shape index (κ1) is 20.5. The van der Waals surface area contributed by atoms with Crippen LogP contribution < -0.4 is 9.47 Å². The number of nitrogens with zero attached hydrogens (tertiary/aromatic N) is 3. The first-order valence-electron chi connectivity index (χ1n) is 9.34. The number of piperidine rings is 1. The molecular weight excluding hydrogens is 378 g/mol. The van der Waals surface area contributed by atoms with Gasteiger partial charge in [-0.1, -0.05) is 32.9 Å². The van der Waals surface area contributed by atoms with Gasteiger partial charge in [-0.25, -0.2) is 13.4 Å². The van der Waals surface area contributed by atoms with Gasteiger partial charge < -0.3 is 9.47 Å². The van der Waals surface area contributed by atoms with Crippen molar-refractivity contribution in [3.8, 4) is 11.9 Å². The number of aromatic nitrogens is 2. The second-order valence-electron chi connectivity index (χ2n) is 7.90. The van der Waals surface area contributed by atoms with Gasteiger partial charge in [0.2, 0.25) is 15.9 Å². The molecule has 0 spiro atoms. The Labute approximate surface area is 166 Å². The Kier molecular flexibility index (Phi) is 5.90. The number of sulfonamides is 1. The van der Waals surface area contributed by atoms with E-state index in [1.54, 1.807) is 24.4 Å². The fraction of sp³-hybridized carbons (Fsp3) is 0.500. The Bertz CT molecular complexity index is 908. The average Bonchev–Trinajstić information content (AvgIpc) is 2.68. The fourth-order valence-electron chi connectivity index (χ4n) is 3.16. The average molecular weight is 406 g/mol. The molecule has 1 aliphatic heterocycles. The highest BCUT2D eigenvalue weighted by atomic mass is 32.2. The van der Waals surface area contributed by atoms with Crippen molar-refractivity contribution in [3.05, 3.63) is 42.1 Å². The van der Waals surface area contributed by atoms with Gasteiger partial charge in [-0.05, 0) is 36.0 Å². The van der Waals surface area contributed by atoms with Crippen LogP contribution in [-0.4, -0.2) is 49.0 Å². The highest BCUT2D eigenvalue weighted by molar-refractivity contribution is 7.89. The first-order chi connectivity index (χ1) is 13.2. The highest BCUT2D eigenvalue weighted by Crippen LogP contribution is 2.27. The van der Waals surface area contributed by atoms with Crippen LogP contribution >= 0.6 is 0 Å². The molecule has 0 radical (unpaired) electrons. The van der Waals surface area contributed by atoms with Gasteiger partial charge in [-0.3, -0.25) is 0 Å². The predicted molar refractivity (Wildman–Crippen MR) is 106 cm³/mol. The van der Waals surface area contributed by atoms with Crippen LogP contribution in [0.1, 0.15) is 39.2 Å². The monoisotopic (exact) mass is 405 g/mol. The SMILES string of the molecule is COc1nccc(OC2CCCN(S(=O)(=O)c3ccc(C(C)(C)C)cc3)C2)n1. The van der Waals surface area contributed by atoms with Crippen molar-refractivity contribution in [1.29, 1.82) is 0 Å². The van der Waals surface area contributed by atoms with Crippen LogP contribution in [0.25, 0.3) is 0 Å². The van der Waals surface area contributed by atoms with Crippen molar-refractivity contribution in [2.24, 2.45) is 0 Å². The van der Waals surface area contributed by atoms with Crippen molar-refractivity contribution in [1.82, 2.24) is 14.3 Å². The van der Waals surface area contributed by atoms with Crippen molar-refractivity contribution < 1.29 is 17.9 Å². The quantitative estimate of drug-likeness (QED) is 0.761. The molecule has 0 aliphatic carbocycles. The molecule has 28 heavy (non-hydrogen) atoms. The summed E-state index contributed by atoms with van der Waals surface area (Å²) in [5, 5.41) is 0. The third kappa shape index (κ3) is 4.62. The summed E-state index contributed by atoms with van der Waals surface area (Å²) in [6.45, 7) is 7.08. The van der Waals surface area contributed by atoms with Crippen molar-refractivity contribution in [3.63, 3.8) is 0 Å². The fourth-order valence-corrected chi connectivity index (χ4v) is 4.67. The number of hydrogen-bond acceptors (Lipinski definition) is 6. The van der Waals surface area contributed by atoms with Crippen LogP contribution in [-0.2, 0) is 15.4 Å². The Morgan fingerprint density at radius 2 is 1.86 bits per heavy atom. The van der Waals surface area contributed by atoms with E-state index < -0.39 is 10.0 Å². The second kappa shape index (κ2) is 8.05. The van der Waals surface area contributed by atoms with Crippen molar-refractivity contribution >= 4 is 10.0 Å². The van der Waals surface area contributed by atoms with Gasteiger partial charge in [0.15, 0.2) is 0 Å². The van der Waals surface area contributed by atoms with Crippen LogP contribution in [0, 0.1) is 0 Å². The van der Waals surface area contributed by atoms with Crippen LogP contribution in [0.5, 0.6) is 11.9 Å². The smallest absolute Gasteiger partial charge is 0.319 e. The van der Waals surface area contributed by atoms with E-state index in [9.17, 15) is 8.42 Å². The molecule has 8 heteroatoms. The summed E-state index contributed by atoms with van der Waals surface area (Å²) in [7, 11) is -2.08. The Balaban J connectivity index is 1.73. The zero-order valence-corrected chi connectivity index (χ0v) is 17.6. The van der Waals surface area contributed by atoms with Crippen LogP contribution in [0.15, 0.2) is 41.4 Å². The number of ether oxygens (including phenoxy) is 2. The van der Waals surface area contributed by atoms with Crippen LogP contribution in [0.4, 0.5) is 0 Å². The third-order valence-electron chi connectivity index (χ3n) is 4.78. The maximum Gasteiger partial charge on any atom is 0.319 e. The molecule has 0 amide bonds. The first-order valence-corrected chi connectivity index (χ1v) is 10.8. The van der Waals surface area contributed by atoms with E-state index in [2.05, 4.69) is 30.7 Å². The number of methoxy groups -OCH3 is 1. The van der Waals surface area contributed by atoms with Gasteiger partial charge in [0.25, 0.3) is 0 Å². The molecule has 0 saturated carbocycles. The van der Waals surface area contributed by atoms with Crippen molar-refractivity contribution in [2.45, 2.75) is 50.0 Å². The van der Waals surface area contributed by atoms with E-state index in [1.807, 2.05) is 12.1 Å². The number of hydrogen-bond donors (Lipinski definition) is 0. The molecule has 1 saturated heterocycles. The molecule has 2 heterocycles. The predicted octanol–water partition coefficient (Wildman–Crippen LogP) is 3.01. The van der Waals surface area contributed by atoms with E-state index in [0.717, 1.165) is 18.4 Å². The molecule has 7 nitrogen and oxygen atoms in total. The molecule has 1 aliphatic rings. The number of benzene rings is 1. The molecule has 1 aromatic carbocycles. The van der Waals surface area contributed by atoms with Crippen LogP contribution in [0.2, 0.25) is 0 Å². The van der Waals surface area contributed by atoms with Gasteiger partial charge in [-0.2, -0.15) is 9.29 Å². The summed E-state index contributed by atoms with van der Waals surface area (Å²) in [4.78, 5) is 8.40. The summed E-state index contributed by atoms with van der Waals surface area (Å²) in [5.41, 5.74) is 1.08. The standard InChI is InChI=1S/C20H27N3O4S/c1-20(2,3)15-7-9-17(10-8-15)28(24,25)23-13-5-6-16(14-23)27-18-11-12-21-19(22-18)26-4/h7-12,16H,5-6,13-14H2,1-4H3. The molecule has 1 aromatic heterocycles. The van der Waals surface area contributed by atoms with E-state index in [1.165, 1.54) is 11.4 Å². The molecule has 0 bridgehead atoms. The largest absolute Gasteiger partial charge is 0.473 e. The van der Waals surface area contributed by atoms with Gasteiger partial charge in [-0.15, -0.1) is 0 Å². The molecule has 152 valence electrons. The van der Waals surface area contributed by atoms with Gasteiger partial charge in [0.1, 0.15) is 6.10 Å². The van der Waals surface area contributed by atoms with E-state index >= 15 is 0 Å². The topological polar surface area (TPSA) is 81.6 Å². The maximum atomic E-state index is 13.1. The molecule has 0 N–H and O–H groups in total. The summed E-state index contributed by atoms with van der Waals surface area (Å²) < 4.78 is 38.5. The summed E-state index contributed by atoms with van der Waals surface area (Å²) >= 11 is 0. The Morgan fingerprint density at radius 1 is 1.14 bits per heavy atom. The second-order valence-corrected chi connectivity index (χ2v) is 9.84. The normalized spacial score (nSPS) is 18.6. The minimum atomic E-state index is -3.57. The molecular formula is C20H27N3O4S. The van der Waals surface area contributed by atoms with Gasteiger partial charge in [0.05, 0.1) is 18.6 Å². The minimum absolute atomic E-state index is 0.0229. The molecule has 3 rings (SSSR count). The van der Waals surface area contributed by atoms with E-state index in [4.69, 9.17) is 9.47 Å². The van der Waals surface area contributed by atoms with E-state index in [-0.39, 0.29) is 24.1 Å². The summed E-state index contributed by atoms with van der Waals surface area (Å²) in [6, 6.07) is 9.01. The molecule has 1 atom stereocenters. The Hall–Kier alpha value is -2.19. The lowest BCUT2D eigenvalue weighted by molar-refractivity contribution is 0.123. The lowest BCUT2D eigenvalue weighted by Crippen LogP contribution is -2.44.